The molecule has 1 aliphatic heterocycles. The molecule has 0 bridgehead atoms. The van der Waals surface area contributed by atoms with E-state index in [1.165, 1.54) is 10.7 Å². The summed E-state index contributed by atoms with van der Waals surface area (Å²) >= 11 is 0. The van der Waals surface area contributed by atoms with Crippen LogP contribution in [0.5, 0.6) is 0 Å². The van der Waals surface area contributed by atoms with E-state index in [0.29, 0.717) is 30.9 Å². The number of fused-ring (bicyclic) bond motifs is 1. The van der Waals surface area contributed by atoms with E-state index >= 15 is 0 Å². The lowest BCUT2D eigenvalue weighted by atomic mass is 10.1. The van der Waals surface area contributed by atoms with Crippen molar-refractivity contribution in [2.75, 3.05) is 13.1 Å². The van der Waals surface area contributed by atoms with Crippen LogP contribution >= 0.6 is 0 Å². The van der Waals surface area contributed by atoms with Crippen LogP contribution in [-0.4, -0.2) is 49.6 Å². The molecule has 8 nitrogen and oxygen atoms in total. The standard InChI is InChI=1S/C21H26FN5O3/c1-12(2)16-14-7-6-8-15(22)17(14)27(24-16)19-23-18(30-25-19)13-9-10-26(11-13)20(28)29-21(3,4)5/h6-8,12-13H,9-11H2,1-5H3. The van der Waals surface area contributed by atoms with Gasteiger partial charge in [-0.25, -0.2) is 9.18 Å². The molecule has 160 valence electrons. The average molecular weight is 415 g/mol. The van der Waals surface area contributed by atoms with Gasteiger partial charge in [0.15, 0.2) is 0 Å². The molecular formula is C21H26FN5O3. The second-order valence-electron chi connectivity index (χ2n) is 8.93. The number of rotatable bonds is 3. The first kappa shape index (κ1) is 20.3. The van der Waals surface area contributed by atoms with Crippen LogP contribution in [0.25, 0.3) is 16.9 Å². The molecule has 4 rings (SSSR count). The second-order valence-corrected chi connectivity index (χ2v) is 8.93. The number of benzene rings is 1. The summed E-state index contributed by atoms with van der Waals surface area (Å²) in [6, 6.07) is 4.90. The smallest absolute Gasteiger partial charge is 0.410 e. The molecule has 1 atom stereocenters. The number of hydrogen-bond donors (Lipinski definition) is 0. The summed E-state index contributed by atoms with van der Waals surface area (Å²) in [6.07, 6.45) is 0.332. The van der Waals surface area contributed by atoms with Crippen LogP contribution in [-0.2, 0) is 4.74 Å². The molecule has 30 heavy (non-hydrogen) atoms. The van der Waals surface area contributed by atoms with Crippen molar-refractivity contribution >= 4 is 17.0 Å². The van der Waals surface area contributed by atoms with Crippen LogP contribution in [0.3, 0.4) is 0 Å². The fourth-order valence-electron chi connectivity index (χ4n) is 3.65. The summed E-state index contributed by atoms with van der Waals surface area (Å²) < 4.78 is 26.9. The van der Waals surface area contributed by atoms with Crippen molar-refractivity contribution < 1.29 is 18.4 Å². The Labute approximate surface area is 174 Å². The van der Waals surface area contributed by atoms with Crippen LogP contribution in [0.2, 0.25) is 0 Å². The van der Waals surface area contributed by atoms with E-state index < -0.39 is 11.4 Å². The molecule has 0 saturated carbocycles. The number of halogens is 1. The van der Waals surface area contributed by atoms with Gasteiger partial charge < -0.3 is 14.2 Å². The number of nitrogens with zero attached hydrogens (tertiary/aromatic N) is 5. The van der Waals surface area contributed by atoms with Gasteiger partial charge >= 0.3 is 6.09 Å². The third-order valence-corrected chi connectivity index (χ3v) is 5.04. The highest BCUT2D eigenvalue weighted by atomic mass is 19.1. The summed E-state index contributed by atoms with van der Waals surface area (Å²) in [7, 11) is 0. The van der Waals surface area contributed by atoms with Gasteiger partial charge in [-0.15, -0.1) is 0 Å². The lowest BCUT2D eigenvalue weighted by Crippen LogP contribution is -2.35. The Kier molecular flexibility index (Phi) is 4.99. The third kappa shape index (κ3) is 3.76. The van der Waals surface area contributed by atoms with E-state index in [1.807, 2.05) is 40.7 Å². The van der Waals surface area contributed by atoms with E-state index in [9.17, 15) is 9.18 Å². The molecule has 9 heteroatoms. The highest BCUT2D eigenvalue weighted by Gasteiger charge is 2.34. The lowest BCUT2D eigenvalue weighted by Gasteiger charge is -2.24. The minimum absolute atomic E-state index is 0.102. The summed E-state index contributed by atoms with van der Waals surface area (Å²) in [4.78, 5) is 18.4. The largest absolute Gasteiger partial charge is 0.444 e. The van der Waals surface area contributed by atoms with E-state index in [1.54, 1.807) is 11.0 Å². The van der Waals surface area contributed by atoms with Gasteiger partial charge in [-0.1, -0.05) is 26.0 Å². The fraction of sp³-hybridized carbons (Fsp3) is 0.524. The Morgan fingerprint density at radius 2 is 2.10 bits per heavy atom. The molecule has 0 spiro atoms. The van der Waals surface area contributed by atoms with Gasteiger partial charge in [-0.05, 0) is 44.3 Å². The summed E-state index contributed by atoms with van der Waals surface area (Å²) in [5.74, 6) is 0.203. The molecule has 0 N–H and O–H groups in total. The first-order chi connectivity index (χ1) is 14.1. The summed E-state index contributed by atoms with van der Waals surface area (Å²) in [5, 5.41) is 9.32. The Bertz CT molecular complexity index is 1080. The normalized spacial score (nSPS) is 17.3. The van der Waals surface area contributed by atoms with Gasteiger partial charge in [0.25, 0.3) is 5.95 Å². The molecule has 0 radical (unpaired) electrons. The predicted octanol–water partition coefficient (Wildman–Crippen LogP) is 4.40. The van der Waals surface area contributed by atoms with Gasteiger partial charge in [-0.2, -0.15) is 14.8 Å². The van der Waals surface area contributed by atoms with E-state index in [-0.39, 0.29) is 23.9 Å². The second kappa shape index (κ2) is 7.37. The van der Waals surface area contributed by atoms with Crippen molar-refractivity contribution in [2.24, 2.45) is 0 Å². The maximum Gasteiger partial charge on any atom is 0.410 e. The molecule has 1 fully saturated rings. The van der Waals surface area contributed by atoms with Gasteiger partial charge in [0, 0.05) is 18.5 Å². The Morgan fingerprint density at radius 1 is 1.33 bits per heavy atom. The first-order valence-corrected chi connectivity index (χ1v) is 10.1. The molecule has 3 heterocycles. The number of carbonyl (C=O) groups is 1. The number of carbonyl (C=O) groups excluding carboxylic acids is 1. The average Bonchev–Trinajstić information content (AvgIpc) is 3.37. The maximum atomic E-state index is 14.6. The van der Waals surface area contributed by atoms with Crippen molar-refractivity contribution in [3.05, 3.63) is 35.6 Å². The molecule has 1 amide bonds. The van der Waals surface area contributed by atoms with Gasteiger partial charge in [0.1, 0.15) is 16.9 Å². The highest BCUT2D eigenvalue weighted by molar-refractivity contribution is 5.84. The van der Waals surface area contributed by atoms with Crippen molar-refractivity contribution in [3.8, 4) is 5.95 Å². The van der Waals surface area contributed by atoms with Crippen LogP contribution in [0.15, 0.2) is 22.7 Å². The predicted molar refractivity (Wildman–Crippen MR) is 108 cm³/mol. The number of likely N-dealkylation sites (tertiary alicyclic amines) is 1. The topological polar surface area (TPSA) is 86.3 Å². The lowest BCUT2D eigenvalue weighted by molar-refractivity contribution is 0.0291. The van der Waals surface area contributed by atoms with Gasteiger partial charge in [-0.3, -0.25) is 0 Å². The molecule has 1 saturated heterocycles. The molecule has 2 aromatic heterocycles. The van der Waals surface area contributed by atoms with Crippen LogP contribution < -0.4 is 0 Å². The SMILES string of the molecule is CC(C)c1nn(-c2noc(C3CCN(C(=O)OC(C)(C)C)C3)n2)c2c(F)cccc12. The highest BCUT2D eigenvalue weighted by Crippen LogP contribution is 2.30. The van der Waals surface area contributed by atoms with E-state index in [2.05, 4.69) is 15.2 Å². The van der Waals surface area contributed by atoms with Crippen molar-refractivity contribution in [1.82, 2.24) is 24.8 Å². The summed E-state index contributed by atoms with van der Waals surface area (Å²) in [6.45, 7) is 10.5. The number of hydrogen-bond acceptors (Lipinski definition) is 6. The van der Waals surface area contributed by atoms with Crippen molar-refractivity contribution in [3.63, 3.8) is 0 Å². The Morgan fingerprint density at radius 3 is 2.80 bits per heavy atom. The maximum absolute atomic E-state index is 14.6. The van der Waals surface area contributed by atoms with Crippen LogP contribution in [0.4, 0.5) is 9.18 Å². The third-order valence-electron chi connectivity index (χ3n) is 5.04. The van der Waals surface area contributed by atoms with E-state index in [0.717, 1.165) is 11.1 Å². The fourth-order valence-corrected chi connectivity index (χ4v) is 3.65. The minimum atomic E-state index is -0.549. The molecule has 1 unspecified atom stereocenters. The van der Waals surface area contributed by atoms with Crippen molar-refractivity contribution in [2.45, 2.75) is 58.5 Å². The van der Waals surface area contributed by atoms with Gasteiger partial charge in [0.05, 0.1) is 11.6 Å². The van der Waals surface area contributed by atoms with E-state index in [4.69, 9.17) is 9.26 Å². The molecule has 1 aromatic carbocycles. The zero-order valence-electron chi connectivity index (χ0n) is 17.8. The number of para-hydroxylation sites is 1. The summed E-state index contributed by atoms with van der Waals surface area (Å²) in [5.41, 5.74) is 0.551. The zero-order valence-corrected chi connectivity index (χ0v) is 17.8. The minimum Gasteiger partial charge on any atom is -0.444 e. The zero-order chi connectivity index (χ0) is 21.6. The monoisotopic (exact) mass is 415 g/mol. The molecule has 1 aliphatic rings. The van der Waals surface area contributed by atoms with Gasteiger partial charge in [0.2, 0.25) is 5.89 Å². The first-order valence-electron chi connectivity index (χ1n) is 10.1. The molecular weight excluding hydrogens is 389 g/mol. The number of amides is 1. The number of ether oxygens (including phenoxy) is 1. The van der Waals surface area contributed by atoms with Crippen LogP contribution in [0, 0.1) is 5.82 Å². The van der Waals surface area contributed by atoms with Crippen LogP contribution in [0.1, 0.15) is 64.5 Å². The molecule has 0 aliphatic carbocycles. The Balaban J connectivity index is 1.60. The Hall–Kier alpha value is -2.97. The molecule has 3 aromatic rings. The van der Waals surface area contributed by atoms with Crippen molar-refractivity contribution in [1.29, 1.82) is 0 Å². The number of aromatic nitrogens is 4. The quantitative estimate of drug-likeness (QED) is 0.630.